The highest BCUT2D eigenvalue weighted by Gasteiger charge is 2.24. The summed E-state index contributed by atoms with van der Waals surface area (Å²) in [6.07, 6.45) is 1.70. The number of carbonyl (C=O) groups is 1. The Morgan fingerprint density at radius 2 is 2.56 bits per heavy atom. The molecule has 9 heavy (non-hydrogen) atoms. The number of rotatable bonds is 1. The minimum Gasteiger partial charge on any atom is -0.289 e. The van der Waals surface area contributed by atoms with Crippen molar-refractivity contribution in [3.05, 3.63) is 0 Å². The highest BCUT2D eigenvalue weighted by molar-refractivity contribution is 5.77. The van der Waals surface area contributed by atoms with E-state index in [1.165, 1.54) is 0 Å². The molecule has 0 aromatic carbocycles. The minimum atomic E-state index is 0.143. The van der Waals surface area contributed by atoms with E-state index in [0.717, 1.165) is 6.42 Å². The van der Waals surface area contributed by atoms with Crippen LogP contribution in [0, 0.1) is 0 Å². The molecule has 1 N–H and O–H groups in total. The van der Waals surface area contributed by atoms with E-state index >= 15 is 0 Å². The molecule has 0 bridgehead atoms. The van der Waals surface area contributed by atoms with Crippen LogP contribution in [0.15, 0.2) is 0 Å². The molecular formula is C6H12N2O. The second-order valence-electron chi connectivity index (χ2n) is 2.41. The first kappa shape index (κ1) is 6.55. The van der Waals surface area contributed by atoms with E-state index in [1.807, 2.05) is 12.1 Å². The molecule has 3 heteroatoms. The Bertz CT molecular complexity index is 124. The Morgan fingerprint density at radius 1 is 1.89 bits per heavy atom. The van der Waals surface area contributed by atoms with Crippen LogP contribution < -0.4 is 5.43 Å². The molecule has 0 aromatic heterocycles. The smallest absolute Gasteiger partial charge is 0.235 e. The number of hydrazine groups is 1. The van der Waals surface area contributed by atoms with Gasteiger partial charge in [0.2, 0.25) is 5.91 Å². The van der Waals surface area contributed by atoms with E-state index in [1.54, 1.807) is 0 Å². The molecule has 1 amide bonds. The molecule has 0 aliphatic carbocycles. The third kappa shape index (κ3) is 1.21. The van der Waals surface area contributed by atoms with Crippen LogP contribution >= 0.6 is 0 Å². The average Bonchev–Trinajstić information content (AvgIpc) is 2.10. The molecule has 0 unspecified atom stereocenters. The van der Waals surface area contributed by atoms with E-state index in [-0.39, 0.29) is 5.91 Å². The van der Waals surface area contributed by atoms with Crippen molar-refractivity contribution in [2.45, 2.75) is 25.8 Å². The second-order valence-corrected chi connectivity index (χ2v) is 2.41. The molecule has 0 spiro atoms. The molecular weight excluding hydrogens is 116 g/mol. The Hall–Kier alpha value is -0.570. The molecule has 0 aromatic rings. The normalized spacial score (nSPS) is 28.7. The summed E-state index contributed by atoms with van der Waals surface area (Å²) in [5.74, 6) is 0.143. The lowest BCUT2D eigenvalue weighted by Crippen LogP contribution is -2.33. The van der Waals surface area contributed by atoms with Gasteiger partial charge in [0.05, 0.1) is 0 Å². The SMILES string of the molecule is CC[C@@H]1CC(=O)NN1C. The van der Waals surface area contributed by atoms with Gasteiger partial charge in [-0.1, -0.05) is 6.92 Å². The van der Waals surface area contributed by atoms with Crippen LogP contribution in [0.1, 0.15) is 19.8 Å². The van der Waals surface area contributed by atoms with Crippen LogP contribution in [0.3, 0.4) is 0 Å². The Kier molecular flexibility index (Phi) is 1.71. The van der Waals surface area contributed by atoms with Gasteiger partial charge in [0.25, 0.3) is 0 Å². The number of carbonyl (C=O) groups excluding carboxylic acids is 1. The van der Waals surface area contributed by atoms with Crippen LogP contribution in [0.5, 0.6) is 0 Å². The van der Waals surface area contributed by atoms with Gasteiger partial charge < -0.3 is 0 Å². The molecule has 1 rings (SSSR count). The average molecular weight is 128 g/mol. The van der Waals surface area contributed by atoms with Crippen molar-refractivity contribution in [3.63, 3.8) is 0 Å². The molecule has 0 radical (unpaired) electrons. The lowest BCUT2D eigenvalue weighted by Gasteiger charge is -2.14. The summed E-state index contributed by atoms with van der Waals surface area (Å²) in [5, 5.41) is 1.88. The Balaban J connectivity index is 2.47. The van der Waals surface area contributed by atoms with E-state index in [9.17, 15) is 4.79 Å². The van der Waals surface area contributed by atoms with Gasteiger partial charge in [0, 0.05) is 19.5 Å². The molecule has 1 heterocycles. The standard InChI is InChI=1S/C6H12N2O/c1-3-5-4-6(9)7-8(5)2/h5H,3-4H2,1-2H3,(H,7,9)/t5-/m1/s1. The van der Waals surface area contributed by atoms with Crippen molar-refractivity contribution >= 4 is 5.91 Å². The van der Waals surface area contributed by atoms with E-state index in [0.29, 0.717) is 12.5 Å². The van der Waals surface area contributed by atoms with Crippen LogP contribution in [0.4, 0.5) is 0 Å². The summed E-state index contributed by atoms with van der Waals surface area (Å²) in [6.45, 7) is 2.08. The zero-order chi connectivity index (χ0) is 6.85. The molecule has 1 aliphatic rings. The maximum Gasteiger partial charge on any atom is 0.235 e. The lowest BCUT2D eigenvalue weighted by atomic mass is 10.2. The zero-order valence-corrected chi connectivity index (χ0v) is 5.85. The molecule has 1 saturated heterocycles. The summed E-state index contributed by atoms with van der Waals surface area (Å²) >= 11 is 0. The highest BCUT2D eigenvalue weighted by atomic mass is 16.2. The van der Waals surface area contributed by atoms with Gasteiger partial charge in [-0.2, -0.15) is 0 Å². The number of nitrogens with one attached hydrogen (secondary N) is 1. The van der Waals surface area contributed by atoms with Crippen LogP contribution in [-0.2, 0) is 4.79 Å². The van der Waals surface area contributed by atoms with E-state index in [2.05, 4.69) is 12.3 Å². The predicted octanol–water partition coefficient (Wildman–Crippen LogP) is 0.132. The van der Waals surface area contributed by atoms with Gasteiger partial charge >= 0.3 is 0 Å². The largest absolute Gasteiger partial charge is 0.289 e. The third-order valence-electron chi connectivity index (χ3n) is 1.74. The van der Waals surface area contributed by atoms with Crippen LogP contribution in [-0.4, -0.2) is 24.0 Å². The van der Waals surface area contributed by atoms with Gasteiger partial charge in [0.15, 0.2) is 0 Å². The first-order valence-corrected chi connectivity index (χ1v) is 3.26. The fourth-order valence-electron chi connectivity index (χ4n) is 1.10. The van der Waals surface area contributed by atoms with Crippen molar-refractivity contribution in [2.75, 3.05) is 7.05 Å². The van der Waals surface area contributed by atoms with E-state index in [4.69, 9.17) is 0 Å². The topological polar surface area (TPSA) is 32.3 Å². The van der Waals surface area contributed by atoms with Crippen LogP contribution in [0.25, 0.3) is 0 Å². The third-order valence-corrected chi connectivity index (χ3v) is 1.74. The van der Waals surface area contributed by atoms with Crippen molar-refractivity contribution in [3.8, 4) is 0 Å². The first-order valence-electron chi connectivity index (χ1n) is 3.26. The van der Waals surface area contributed by atoms with Gasteiger partial charge in [-0.05, 0) is 6.42 Å². The summed E-state index contributed by atoms with van der Waals surface area (Å²) in [7, 11) is 1.90. The summed E-state index contributed by atoms with van der Waals surface area (Å²) in [5.41, 5.74) is 2.71. The van der Waals surface area contributed by atoms with Crippen molar-refractivity contribution in [1.29, 1.82) is 0 Å². The lowest BCUT2D eigenvalue weighted by molar-refractivity contribution is -0.120. The summed E-state index contributed by atoms with van der Waals surface area (Å²) in [4.78, 5) is 10.7. The number of nitrogens with zero attached hydrogens (tertiary/aromatic N) is 1. The van der Waals surface area contributed by atoms with Gasteiger partial charge in [-0.15, -0.1) is 0 Å². The summed E-state index contributed by atoms with van der Waals surface area (Å²) < 4.78 is 0. The van der Waals surface area contributed by atoms with Crippen LogP contribution in [0.2, 0.25) is 0 Å². The minimum absolute atomic E-state index is 0.143. The predicted molar refractivity (Wildman–Crippen MR) is 34.6 cm³/mol. The second kappa shape index (κ2) is 2.35. The monoisotopic (exact) mass is 128 g/mol. The quantitative estimate of drug-likeness (QED) is 0.544. The Morgan fingerprint density at radius 3 is 2.78 bits per heavy atom. The van der Waals surface area contributed by atoms with Gasteiger partial charge in [0.1, 0.15) is 0 Å². The molecule has 1 aliphatic heterocycles. The number of hydrogen-bond acceptors (Lipinski definition) is 2. The summed E-state index contributed by atoms with van der Waals surface area (Å²) in [6, 6.07) is 0.414. The fourth-order valence-corrected chi connectivity index (χ4v) is 1.10. The van der Waals surface area contributed by atoms with Crippen molar-refractivity contribution in [1.82, 2.24) is 10.4 Å². The first-order chi connectivity index (χ1) is 4.24. The fraction of sp³-hybridized carbons (Fsp3) is 0.833. The maximum absolute atomic E-state index is 10.7. The van der Waals surface area contributed by atoms with Gasteiger partial charge in [-0.3, -0.25) is 10.2 Å². The maximum atomic E-state index is 10.7. The Labute approximate surface area is 55.0 Å². The number of hydrogen-bond donors (Lipinski definition) is 1. The molecule has 3 nitrogen and oxygen atoms in total. The number of amides is 1. The molecule has 0 saturated carbocycles. The molecule has 1 fully saturated rings. The molecule has 52 valence electrons. The van der Waals surface area contributed by atoms with E-state index < -0.39 is 0 Å². The molecule has 1 atom stereocenters. The zero-order valence-electron chi connectivity index (χ0n) is 5.85. The van der Waals surface area contributed by atoms with Crippen molar-refractivity contribution in [2.24, 2.45) is 0 Å². The van der Waals surface area contributed by atoms with Gasteiger partial charge in [-0.25, -0.2) is 5.01 Å². The highest BCUT2D eigenvalue weighted by Crippen LogP contribution is 2.09. The van der Waals surface area contributed by atoms with Crippen molar-refractivity contribution < 1.29 is 4.79 Å².